The van der Waals surface area contributed by atoms with Crippen LogP contribution >= 0.6 is 11.5 Å². The van der Waals surface area contributed by atoms with Crippen molar-refractivity contribution in [2.24, 2.45) is 0 Å². The maximum Gasteiger partial charge on any atom is 0.226 e. The second kappa shape index (κ2) is 4.47. The summed E-state index contributed by atoms with van der Waals surface area (Å²) in [6.07, 6.45) is 4.56. The summed E-state index contributed by atoms with van der Waals surface area (Å²) in [7, 11) is 0. The molecule has 0 aliphatic heterocycles. The third-order valence-electron chi connectivity index (χ3n) is 1.99. The van der Waals surface area contributed by atoms with Crippen LogP contribution in [-0.4, -0.2) is 28.1 Å². The Morgan fingerprint density at radius 1 is 1.64 bits per heavy atom. The summed E-state index contributed by atoms with van der Waals surface area (Å²) in [5, 5.41) is 10.4. The fourth-order valence-corrected chi connectivity index (χ4v) is 1.54. The van der Waals surface area contributed by atoms with Gasteiger partial charge in [0, 0.05) is 30.5 Å². The first-order valence-corrected chi connectivity index (χ1v) is 5.42. The minimum atomic E-state index is 0.0178. The van der Waals surface area contributed by atoms with Crippen LogP contribution < -0.4 is 10.6 Å². The molecule has 0 saturated heterocycles. The van der Waals surface area contributed by atoms with Crippen molar-refractivity contribution in [2.75, 3.05) is 11.9 Å². The van der Waals surface area contributed by atoms with Gasteiger partial charge in [-0.3, -0.25) is 4.79 Å². The molecule has 0 spiro atoms. The molecule has 14 heavy (non-hydrogen) atoms. The minimum Gasteiger partial charge on any atom is -0.315 e. The molecule has 0 unspecified atom stereocenters. The average Bonchev–Trinajstić information content (AvgIpc) is 2.83. The monoisotopic (exact) mass is 212 g/mol. The molecule has 6 heteroatoms. The Labute approximate surface area is 86.1 Å². The van der Waals surface area contributed by atoms with Gasteiger partial charge >= 0.3 is 0 Å². The molecular formula is C8H12N4OS. The smallest absolute Gasteiger partial charge is 0.226 e. The van der Waals surface area contributed by atoms with Crippen molar-refractivity contribution in [3.8, 4) is 0 Å². The molecular weight excluding hydrogens is 200 g/mol. The van der Waals surface area contributed by atoms with Gasteiger partial charge in [-0.25, -0.2) is 0 Å². The van der Waals surface area contributed by atoms with Crippen LogP contribution in [0.5, 0.6) is 0 Å². The molecule has 1 aliphatic rings. The van der Waals surface area contributed by atoms with E-state index < -0.39 is 0 Å². The van der Waals surface area contributed by atoms with Crippen molar-refractivity contribution >= 4 is 22.4 Å². The van der Waals surface area contributed by atoms with E-state index in [2.05, 4.69) is 20.2 Å². The fourth-order valence-electron chi connectivity index (χ4n) is 1.10. The molecule has 0 radical (unpaired) electrons. The Morgan fingerprint density at radius 2 is 2.50 bits per heavy atom. The lowest BCUT2D eigenvalue weighted by Gasteiger charge is -2.02. The zero-order chi connectivity index (χ0) is 9.80. The zero-order valence-electron chi connectivity index (χ0n) is 7.69. The number of carbonyl (C=O) groups excluding carboxylic acids is 1. The molecule has 1 heterocycles. The molecule has 2 N–H and O–H groups in total. The third-order valence-corrected chi connectivity index (χ3v) is 2.57. The molecule has 0 bridgehead atoms. The molecule has 1 fully saturated rings. The zero-order valence-corrected chi connectivity index (χ0v) is 8.51. The van der Waals surface area contributed by atoms with Crippen LogP contribution in [0.3, 0.4) is 0 Å². The first-order chi connectivity index (χ1) is 6.84. The second-order valence-electron chi connectivity index (χ2n) is 3.31. The SMILES string of the molecule is O=C(CCNC1CC1)Nc1cnns1. The van der Waals surface area contributed by atoms with Gasteiger partial charge in [0.2, 0.25) is 5.91 Å². The van der Waals surface area contributed by atoms with E-state index in [1.165, 1.54) is 24.4 Å². The molecule has 76 valence electrons. The highest BCUT2D eigenvalue weighted by Crippen LogP contribution is 2.18. The number of nitrogens with one attached hydrogen (secondary N) is 2. The van der Waals surface area contributed by atoms with Gasteiger partial charge in [-0.2, -0.15) is 0 Å². The number of aromatic nitrogens is 2. The highest BCUT2D eigenvalue weighted by molar-refractivity contribution is 7.10. The van der Waals surface area contributed by atoms with Crippen molar-refractivity contribution in [1.29, 1.82) is 0 Å². The van der Waals surface area contributed by atoms with Crippen molar-refractivity contribution < 1.29 is 4.79 Å². The van der Waals surface area contributed by atoms with Gasteiger partial charge in [0.25, 0.3) is 0 Å². The van der Waals surface area contributed by atoms with Gasteiger partial charge in [0.1, 0.15) is 5.00 Å². The largest absolute Gasteiger partial charge is 0.315 e. The Bertz CT molecular complexity index is 296. The van der Waals surface area contributed by atoms with Crippen LogP contribution in [0.15, 0.2) is 6.20 Å². The third kappa shape index (κ3) is 3.04. The van der Waals surface area contributed by atoms with E-state index in [0.29, 0.717) is 17.5 Å². The Morgan fingerprint density at radius 3 is 3.14 bits per heavy atom. The van der Waals surface area contributed by atoms with Gasteiger partial charge in [-0.15, -0.1) is 5.10 Å². The summed E-state index contributed by atoms with van der Waals surface area (Å²) in [5.41, 5.74) is 0. The quantitative estimate of drug-likeness (QED) is 0.750. The van der Waals surface area contributed by atoms with Gasteiger partial charge < -0.3 is 10.6 Å². The molecule has 1 saturated carbocycles. The lowest BCUT2D eigenvalue weighted by Crippen LogP contribution is -2.22. The first kappa shape index (κ1) is 9.54. The summed E-state index contributed by atoms with van der Waals surface area (Å²) in [6.45, 7) is 0.753. The van der Waals surface area contributed by atoms with E-state index in [1.807, 2.05) is 0 Å². The van der Waals surface area contributed by atoms with Crippen LogP contribution in [0.1, 0.15) is 19.3 Å². The van der Waals surface area contributed by atoms with Gasteiger partial charge in [0.05, 0.1) is 6.20 Å². The number of rotatable bonds is 5. The fraction of sp³-hybridized carbons (Fsp3) is 0.625. The predicted octanol–water partition coefficient (Wildman–Crippen LogP) is 0.619. The van der Waals surface area contributed by atoms with Crippen molar-refractivity contribution in [2.45, 2.75) is 25.3 Å². The summed E-state index contributed by atoms with van der Waals surface area (Å²) < 4.78 is 3.66. The number of anilines is 1. The number of amides is 1. The van der Waals surface area contributed by atoms with Gasteiger partial charge in [-0.1, -0.05) is 4.49 Å². The van der Waals surface area contributed by atoms with E-state index >= 15 is 0 Å². The highest BCUT2D eigenvalue weighted by Gasteiger charge is 2.20. The molecule has 5 nitrogen and oxygen atoms in total. The van der Waals surface area contributed by atoms with Crippen molar-refractivity contribution in [1.82, 2.24) is 14.9 Å². The van der Waals surface area contributed by atoms with Gasteiger partial charge in [0.15, 0.2) is 0 Å². The topological polar surface area (TPSA) is 66.9 Å². The van der Waals surface area contributed by atoms with E-state index in [1.54, 1.807) is 6.20 Å². The van der Waals surface area contributed by atoms with E-state index in [9.17, 15) is 4.79 Å². The Balaban J connectivity index is 1.62. The van der Waals surface area contributed by atoms with E-state index in [4.69, 9.17) is 0 Å². The molecule has 1 amide bonds. The average molecular weight is 212 g/mol. The molecule has 1 aliphatic carbocycles. The molecule has 0 aromatic carbocycles. The van der Waals surface area contributed by atoms with Crippen LogP contribution in [0, 0.1) is 0 Å². The number of nitrogens with zero attached hydrogens (tertiary/aromatic N) is 2. The first-order valence-electron chi connectivity index (χ1n) is 4.65. The number of hydrogen-bond acceptors (Lipinski definition) is 5. The minimum absolute atomic E-state index is 0.0178. The molecule has 2 rings (SSSR count). The maximum absolute atomic E-state index is 11.3. The standard InChI is InChI=1S/C8H12N4OS/c13-7(3-4-9-6-1-2-6)11-8-5-10-12-14-8/h5-6,9H,1-4H2,(H,11,13). The van der Waals surface area contributed by atoms with Crippen LogP contribution in [0.25, 0.3) is 0 Å². The maximum atomic E-state index is 11.3. The highest BCUT2D eigenvalue weighted by atomic mass is 32.1. The summed E-state index contributed by atoms with van der Waals surface area (Å²) in [5.74, 6) is 0.0178. The van der Waals surface area contributed by atoms with Crippen LogP contribution in [0.2, 0.25) is 0 Å². The lowest BCUT2D eigenvalue weighted by molar-refractivity contribution is -0.116. The normalized spacial score (nSPS) is 15.4. The summed E-state index contributed by atoms with van der Waals surface area (Å²) >= 11 is 1.19. The van der Waals surface area contributed by atoms with E-state index in [-0.39, 0.29) is 5.91 Å². The number of carbonyl (C=O) groups is 1. The summed E-state index contributed by atoms with van der Waals surface area (Å²) in [6, 6.07) is 0.660. The van der Waals surface area contributed by atoms with Crippen molar-refractivity contribution in [3.63, 3.8) is 0 Å². The van der Waals surface area contributed by atoms with Crippen LogP contribution in [-0.2, 0) is 4.79 Å². The van der Waals surface area contributed by atoms with Crippen molar-refractivity contribution in [3.05, 3.63) is 6.20 Å². The summed E-state index contributed by atoms with van der Waals surface area (Å²) in [4.78, 5) is 11.3. The molecule has 1 aromatic rings. The van der Waals surface area contributed by atoms with Gasteiger partial charge in [-0.05, 0) is 12.8 Å². The molecule has 0 atom stereocenters. The Hall–Kier alpha value is -1.01. The lowest BCUT2D eigenvalue weighted by atomic mass is 10.4. The van der Waals surface area contributed by atoms with Crippen LogP contribution in [0.4, 0.5) is 5.00 Å². The Kier molecular flexibility index (Phi) is 3.05. The predicted molar refractivity (Wildman–Crippen MR) is 54.2 cm³/mol. The van der Waals surface area contributed by atoms with E-state index in [0.717, 1.165) is 6.54 Å². The number of hydrogen-bond donors (Lipinski definition) is 2. The molecule has 1 aromatic heterocycles. The second-order valence-corrected chi connectivity index (χ2v) is 4.09.